The number of rotatable bonds is 5. The average molecular weight is 453 g/mol. The van der Waals surface area contributed by atoms with Gasteiger partial charge in [-0.15, -0.1) is 0 Å². The van der Waals surface area contributed by atoms with Crippen molar-refractivity contribution in [3.05, 3.63) is 83.2 Å². The number of nitrogens with two attached hydrogens (primary N) is 1. The van der Waals surface area contributed by atoms with E-state index in [1.54, 1.807) is 29.1 Å². The minimum atomic E-state index is -0.102. The van der Waals surface area contributed by atoms with Gasteiger partial charge < -0.3 is 15.5 Å². The van der Waals surface area contributed by atoms with Crippen molar-refractivity contribution >= 4 is 28.4 Å². The Kier molecular flexibility index (Phi) is 5.33. The zero-order chi connectivity index (χ0) is 23.8. The Bertz CT molecular complexity index is 1540. The predicted octanol–water partition coefficient (Wildman–Crippen LogP) is 5.33. The summed E-state index contributed by atoms with van der Waals surface area (Å²) in [6.45, 7) is 5.92. The van der Waals surface area contributed by atoms with Crippen LogP contribution in [0.4, 0.5) is 17.3 Å². The van der Waals surface area contributed by atoms with Crippen molar-refractivity contribution in [1.29, 1.82) is 0 Å². The molecule has 0 atom stereocenters. The van der Waals surface area contributed by atoms with E-state index in [1.807, 2.05) is 57.2 Å². The van der Waals surface area contributed by atoms with Gasteiger partial charge in [-0.05, 0) is 68.3 Å². The molecule has 8 nitrogen and oxygen atoms in total. The molecule has 8 heteroatoms. The summed E-state index contributed by atoms with van der Waals surface area (Å²) in [6, 6.07) is 14.9. The lowest BCUT2D eigenvalue weighted by molar-refractivity contribution is 0.572. The van der Waals surface area contributed by atoms with Crippen LogP contribution in [0.2, 0.25) is 0 Å². The summed E-state index contributed by atoms with van der Waals surface area (Å²) in [4.78, 5) is 26.8. The fourth-order valence-electron chi connectivity index (χ4n) is 4.03. The molecule has 0 saturated carbocycles. The number of nitrogens with zero attached hydrogens (tertiary/aromatic N) is 4. The molecule has 0 amide bonds. The van der Waals surface area contributed by atoms with Gasteiger partial charge in [0, 0.05) is 40.1 Å². The zero-order valence-corrected chi connectivity index (χ0v) is 19.1. The highest BCUT2D eigenvalue weighted by Gasteiger charge is 2.17. The smallest absolute Gasteiger partial charge is 0.260 e. The molecule has 0 aliphatic rings. The van der Waals surface area contributed by atoms with Crippen LogP contribution in [0.25, 0.3) is 33.5 Å². The predicted molar refractivity (Wildman–Crippen MR) is 134 cm³/mol. The Labute approximate surface area is 196 Å². The van der Waals surface area contributed by atoms with E-state index < -0.39 is 0 Å². The van der Waals surface area contributed by atoms with Gasteiger partial charge >= 0.3 is 0 Å². The number of nitrogen functional groups attached to an aromatic ring is 1. The number of benzene rings is 2. The Hall–Kier alpha value is -4.46. The number of hydrogen-bond donors (Lipinski definition) is 2. The molecule has 0 aliphatic heterocycles. The Morgan fingerprint density at radius 3 is 2.50 bits per heavy atom. The standard InChI is InChI=1S/C26H24N6O2/c1-15(2)32-24-18(12-29-26(31-24)30-20-7-5-19(27)6-8-20)11-22(25(32)33)21-9-4-17(10-16(21)3)23-13-28-14-34-23/h4-15H,27H2,1-3H3,(H,29,30,31). The second-order valence-electron chi connectivity index (χ2n) is 8.44. The largest absolute Gasteiger partial charge is 0.444 e. The SMILES string of the molecule is Cc1cc(-c2cnco2)ccc1-c1cc2cnc(Nc3ccc(N)cc3)nc2n(C(C)C)c1=O. The lowest BCUT2D eigenvalue weighted by Gasteiger charge is -2.17. The number of oxazole rings is 1. The van der Waals surface area contributed by atoms with E-state index in [1.165, 1.54) is 6.39 Å². The fourth-order valence-corrected chi connectivity index (χ4v) is 4.03. The van der Waals surface area contributed by atoms with Crippen LogP contribution in [0.3, 0.4) is 0 Å². The van der Waals surface area contributed by atoms with Crippen LogP contribution in [0, 0.1) is 6.92 Å². The number of aromatic nitrogens is 4. The molecule has 2 aromatic carbocycles. The van der Waals surface area contributed by atoms with E-state index in [-0.39, 0.29) is 11.6 Å². The van der Waals surface area contributed by atoms with Gasteiger partial charge in [0.2, 0.25) is 5.95 Å². The number of fused-ring (bicyclic) bond motifs is 1. The van der Waals surface area contributed by atoms with Crippen molar-refractivity contribution in [3.8, 4) is 22.5 Å². The van der Waals surface area contributed by atoms with E-state index in [0.717, 1.165) is 27.8 Å². The van der Waals surface area contributed by atoms with Crippen molar-refractivity contribution in [1.82, 2.24) is 19.5 Å². The first-order valence-electron chi connectivity index (χ1n) is 11.0. The van der Waals surface area contributed by atoms with Gasteiger partial charge in [0.15, 0.2) is 12.2 Å². The second-order valence-corrected chi connectivity index (χ2v) is 8.44. The average Bonchev–Trinajstić information content (AvgIpc) is 3.35. The molecule has 0 fully saturated rings. The number of nitrogens with one attached hydrogen (secondary N) is 1. The van der Waals surface area contributed by atoms with E-state index in [4.69, 9.17) is 10.2 Å². The maximum Gasteiger partial charge on any atom is 0.260 e. The summed E-state index contributed by atoms with van der Waals surface area (Å²) in [6.07, 6.45) is 4.81. The van der Waals surface area contributed by atoms with Gasteiger partial charge in [0.25, 0.3) is 5.56 Å². The third-order valence-corrected chi connectivity index (χ3v) is 5.69. The third-order valence-electron chi connectivity index (χ3n) is 5.69. The summed E-state index contributed by atoms with van der Waals surface area (Å²) in [7, 11) is 0. The summed E-state index contributed by atoms with van der Waals surface area (Å²) >= 11 is 0. The maximum absolute atomic E-state index is 13.6. The van der Waals surface area contributed by atoms with Crippen LogP contribution in [0.5, 0.6) is 0 Å². The quantitative estimate of drug-likeness (QED) is 0.347. The van der Waals surface area contributed by atoms with Gasteiger partial charge in [-0.25, -0.2) is 9.97 Å². The summed E-state index contributed by atoms with van der Waals surface area (Å²) in [5.74, 6) is 1.09. The molecule has 34 heavy (non-hydrogen) atoms. The van der Waals surface area contributed by atoms with Crippen LogP contribution in [0.15, 0.2) is 76.5 Å². The molecule has 0 aliphatic carbocycles. The van der Waals surface area contributed by atoms with Gasteiger partial charge in [-0.3, -0.25) is 9.36 Å². The topological polar surface area (TPSA) is 112 Å². The lowest BCUT2D eigenvalue weighted by atomic mass is 9.98. The van der Waals surface area contributed by atoms with Crippen molar-refractivity contribution < 1.29 is 4.42 Å². The number of hydrogen-bond acceptors (Lipinski definition) is 7. The van der Waals surface area contributed by atoms with E-state index in [9.17, 15) is 4.79 Å². The highest BCUT2D eigenvalue weighted by molar-refractivity contribution is 5.83. The molecule has 0 spiro atoms. The minimum absolute atomic E-state index is 0.0944. The van der Waals surface area contributed by atoms with Crippen LogP contribution in [-0.2, 0) is 0 Å². The van der Waals surface area contributed by atoms with Crippen LogP contribution < -0.4 is 16.6 Å². The lowest BCUT2D eigenvalue weighted by Crippen LogP contribution is -2.25. The molecule has 3 N–H and O–H groups in total. The normalized spacial score (nSPS) is 11.3. The Morgan fingerprint density at radius 2 is 1.82 bits per heavy atom. The molecular weight excluding hydrogens is 428 g/mol. The first-order chi connectivity index (χ1) is 16.4. The van der Waals surface area contributed by atoms with E-state index in [0.29, 0.717) is 28.6 Å². The third kappa shape index (κ3) is 3.90. The van der Waals surface area contributed by atoms with Crippen molar-refractivity contribution in [2.45, 2.75) is 26.8 Å². The van der Waals surface area contributed by atoms with Crippen LogP contribution in [-0.4, -0.2) is 19.5 Å². The maximum atomic E-state index is 13.6. The van der Waals surface area contributed by atoms with Gasteiger partial charge in [0.05, 0.1) is 6.20 Å². The molecule has 3 aromatic heterocycles. The van der Waals surface area contributed by atoms with Crippen molar-refractivity contribution in [2.75, 3.05) is 11.1 Å². The monoisotopic (exact) mass is 452 g/mol. The molecule has 0 bridgehead atoms. The van der Waals surface area contributed by atoms with Gasteiger partial charge in [-0.1, -0.05) is 12.1 Å². The minimum Gasteiger partial charge on any atom is -0.444 e. The second kappa shape index (κ2) is 8.47. The van der Waals surface area contributed by atoms with Crippen LogP contribution in [0.1, 0.15) is 25.5 Å². The number of anilines is 3. The number of pyridine rings is 1. The highest BCUT2D eigenvalue weighted by atomic mass is 16.3. The molecule has 0 radical (unpaired) electrons. The first kappa shape index (κ1) is 21.4. The van der Waals surface area contributed by atoms with E-state index >= 15 is 0 Å². The number of aryl methyl sites for hydroxylation is 1. The van der Waals surface area contributed by atoms with Crippen molar-refractivity contribution in [2.24, 2.45) is 0 Å². The molecule has 170 valence electrons. The van der Waals surface area contributed by atoms with Gasteiger partial charge in [0.1, 0.15) is 5.65 Å². The van der Waals surface area contributed by atoms with Crippen LogP contribution >= 0.6 is 0 Å². The molecule has 0 saturated heterocycles. The molecular formula is C26H24N6O2. The summed E-state index contributed by atoms with van der Waals surface area (Å²) in [5, 5.41) is 3.96. The summed E-state index contributed by atoms with van der Waals surface area (Å²) < 4.78 is 7.12. The molecule has 5 rings (SSSR count). The Morgan fingerprint density at radius 1 is 1.03 bits per heavy atom. The highest BCUT2D eigenvalue weighted by Crippen LogP contribution is 2.29. The summed E-state index contributed by atoms with van der Waals surface area (Å²) in [5.41, 5.74) is 11.1. The molecule has 5 aromatic rings. The van der Waals surface area contributed by atoms with Crippen molar-refractivity contribution in [3.63, 3.8) is 0 Å². The fraction of sp³-hybridized carbons (Fsp3) is 0.154. The van der Waals surface area contributed by atoms with Gasteiger partial charge in [-0.2, -0.15) is 4.98 Å². The first-order valence-corrected chi connectivity index (χ1v) is 11.0. The molecule has 0 unspecified atom stereocenters. The zero-order valence-electron chi connectivity index (χ0n) is 19.1. The molecule has 3 heterocycles. The van der Waals surface area contributed by atoms with E-state index in [2.05, 4.69) is 20.3 Å². The Balaban J connectivity index is 1.61.